The van der Waals surface area contributed by atoms with Crippen molar-refractivity contribution < 1.29 is 4.74 Å². The normalized spacial score (nSPS) is 11.5. The average molecular weight is 257 g/mol. The van der Waals surface area contributed by atoms with Crippen LogP contribution in [0.3, 0.4) is 0 Å². The molecular formula is C12H17BrO. The van der Waals surface area contributed by atoms with Gasteiger partial charge in [-0.05, 0) is 36.1 Å². The van der Waals surface area contributed by atoms with E-state index < -0.39 is 0 Å². The van der Waals surface area contributed by atoms with Crippen molar-refractivity contribution in [3.05, 3.63) is 28.2 Å². The van der Waals surface area contributed by atoms with Crippen molar-refractivity contribution in [3.8, 4) is 5.75 Å². The van der Waals surface area contributed by atoms with Gasteiger partial charge < -0.3 is 4.74 Å². The summed E-state index contributed by atoms with van der Waals surface area (Å²) in [5.74, 6) is 0.975. The molecule has 0 saturated carbocycles. The minimum absolute atomic E-state index is 0.208. The lowest BCUT2D eigenvalue weighted by Crippen LogP contribution is -2.17. The van der Waals surface area contributed by atoms with Crippen molar-refractivity contribution in [1.29, 1.82) is 0 Å². The fourth-order valence-electron chi connectivity index (χ4n) is 1.07. The summed E-state index contributed by atoms with van der Waals surface area (Å²) in [4.78, 5) is 0. The summed E-state index contributed by atoms with van der Waals surface area (Å²) >= 11 is 3.43. The average Bonchev–Trinajstić information content (AvgIpc) is 2.00. The first-order chi connectivity index (χ1) is 6.38. The van der Waals surface area contributed by atoms with Gasteiger partial charge in [0.05, 0.1) is 6.61 Å². The number of halogens is 1. The van der Waals surface area contributed by atoms with Crippen molar-refractivity contribution in [2.24, 2.45) is 5.41 Å². The van der Waals surface area contributed by atoms with E-state index in [-0.39, 0.29) is 5.41 Å². The first-order valence-corrected chi connectivity index (χ1v) is 5.57. The molecule has 1 rings (SSSR count). The van der Waals surface area contributed by atoms with Crippen LogP contribution in [0.15, 0.2) is 22.7 Å². The maximum absolute atomic E-state index is 5.74. The molecule has 0 aliphatic heterocycles. The van der Waals surface area contributed by atoms with E-state index in [1.807, 2.05) is 12.1 Å². The molecule has 0 unspecified atom stereocenters. The van der Waals surface area contributed by atoms with Gasteiger partial charge in [0.15, 0.2) is 0 Å². The Labute approximate surface area is 94.6 Å². The van der Waals surface area contributed by atoms with Crippen LogP contribution in [-0.4, -0.2) is 6.61 Å². The molecule has 0 N–H and O–H groups in total. The Bertz CT molecular complexity index is 313. The van der Waals surface area contributed by atoms with Gasteiger partial charge in [0.1, 0.15) is 5.75 Å². The van der Waals surface area contributed by atoms with E-state index in [2.05, 4.69) is 49.7 Å². The van der Waals surface area contributed by atoms with Crippen LogP contribution in [0, 0.1) is 12.3 Å². The van der Waals surface area contributed by atoms with E-state index in [1.54, 1.807) is 0 Å². The number of rotatable bonds is 2. The van der Waals surface area contributed by atoms with Crippen molar-refractivity contribution in [2.75, 3.05) is 6.61 Å². The summed E-state index contributed by atoms with van der Waals surface area (Å²) in [6.07, 6.45) is 0. The van der Waals surface area contributed by atoms with Gasteiger partial charge in [0.25, 0.3) is 0 Å². The van der Waals surface area contributed by atoms with Gasteiger partial charge in [-0.2, -0.15) is 0 Å². The minimum atomic E-state index is 0.208. The summed E-state index contributed by atoms with van der Waals surface area (Å²) in [5.41, 5.74) is 1.38. The fraction of sp³-hybridized carbons (Fsp3) is 0.500. The third-order valence-electron chi connectivity index (χ3n) is 1.80. The zero-order chi connectivity index (χ0) is 10.8. The minimum Gasteiger partial charge on any atom is -0.493 e. The molecule has 14 heavy (non-hydrogen) atoms. The predicted octanol–water partition coefficient (Wildman–Crippen LogP) is 4.18. The molecule has 1 nitrogen and oxygen atoms in total. The molecule has 0 aliphatic carbocycles. The Morgan fingerprint density at radius 1 is 1.29 bits per heavy atom. The van der Waals surface area contributed by atoms with Crippen LogP contribution in [0.2, 0.25) is 0 Å². The molecule has 1 aromatic carbocycles. The first-order valence-electron chi connectivity index (χ1n) is 4.77. The first kappa shape index (κ1) is 11.6. The maximum atomic E-state index is 5.74. The van der Waals surface area contributed by atoms with Crippen LogP contribution < -0.4 is 4.74 Å². The van der Waals surface area contributed by atoms with E-state index in [9.17, 15) is 0 Å². The number of hydrogen-bond donors (Lipinski definition) is 0. The summed E-state index contributed by atoms with van der Waals surface area (Å²) in [6, 6.07) is 6.08. The molecule has 0 atom stereocenters. The molecule has 0 fully saturated rings. The second-order valence-electron chi connectivity index (χ2n) is 4.76. The standard InChI is InChI=1S/C12H17BrO/c1-9-7-10(13)5-6-11(9)14-8-12(2,3)4/h5-7H,8H2,1-4H3. The van der Waals surface area contributed by atoms with Crippen LogP contribution in [0.5, 0.6) is 5.75 Å². The summed E-state index contributed by atoms with van der Waals surface area (Å²) in [6.45, 7) is 9.31. The van der Waals surface area contributed by atoms with Crippen molar-refractivity contribution >= 4 is 15.9 Å². The number of aryl methyl sites for hydroxylation is 1. The lowest BCUT2D eigenvalue weighted by atomic mass is 9.99. The molecule has 0 saturated heterocycles. The number of benzene rings is 1. The van der Waals surface area contributed by atoms with E-state index in [1.165, 1.54) is 5.56 Å². The molecule has 0 bridgehead atoms. The lowest BCUT2D eigenvalue weighted by Gasteiger charge is -2.19. The topological polar surface area (TPSA) is 9.23 Å². The van der Waals surface area contributed by atoms with Gasteiger partial charge >= 0.3 is 0 Å². The second kappa shape index (κ2) is 4.35. The van der Waals surface area contributed by atoms with Crippen molar-refractivity contribution in [2.45, 2.75) is 27.7 Å². The van der Waals surface area contributed by atoms with Crippen LogP contribution in [0.4, 0.5) is 0 Å². The van der Waals surface area contributed by atoms with E-state index >= 15 is 0 Å². The highest BCUT2D eigenvalue weighted by Gasteiger charge is 2.11. The maximum Gasteiger partial charge on any atom is 0.122 e. The largest absolute Gasteiger partial charge is 0.493 e. The van der Waals surface area contributed by atoms with Crippen LogP contribution in [0.1, 0.15) is 26.3 Å². The summed E-state index contributed by atoms with van der Waals surface area (Å²) in [5, 5.41) is 0. The zero-order valence-corrected chi connectivity index (χ0v) is 10.8. The molecule has 0 amide bonds. The molecule has 0 spiro atoms. The third-order valence-corrected chi connectivity index (χ3v) is 2.29. The number of ether oxygens (including phenoxy) is 1. The fourth-order valence-corrected chi connectivity index (χ4v) is 1.54. The van der Waals surface area contributed by atoms with Gasteiger partial charge in [-0.15, -0.1) is 0 Å². The molecule has 78 valence electrons. The Morgan fingerprint density at radius 3 is 2.43 bits per heavy atom. The number of hydrogen-bond acceptors (Lipinski definition) is 1. The van der Waals surface area contributed by atoms with E-state index in [0.29, 0.717) is 0 Å². The summed E-state index contributed by atoms with van der Waals surface area (Å²) < 4.78 is 6.83. The van der Waals surface area contributed by atoms with Gasteiger partial charge in [0.2, 0.25) is 0 Å². The highest BCUT2D eigenvalue weighted by Crippen LogP contribution is 2.24. The summed E-state index contributed by atoms with van der Waals surface area (Å²) in [7, 11) is 0. The van der Waals surface area contributed by atoms with Crippen LogP contribution >= 0.6 is 15.9 Å². The Hall–Kier alpha value is -0.500. The molecular weight excluding hydrogens is 240 g/mol. The molecule has 2 heteroatoms. The Kier molecular flexibility index (Phi) is 3.59. The quantitative estimate of drug-likeness (QED) is 0.772. The SMILES string of the molecule is Cc1cc(Br)ccc1OCC(C)(C)C. The smallest absolute Gasteiger partial charge is 0.122 e. The van der Waals surface area contributed by atoms with Gasteiger partial charge in [-0.1, -0.05) is 36.7 Å². The lowest BCUT2D eigenvalue weighted by molar-refractivity contribution is 0.197. The highest BCUT2D eigenvalue weighted by molar-refractivity contribution is 9.10. The zero-order valence-electron chi connectivity index (χ0n) is 9.23. The molecule has 0 aliphatic rings. The molecule has 0 radical (unpaired) electrons. The monoisotopic (exact) mass is 256 g/mol. The highest BCUT2D eigenvalue weighted by atomic mass is 79.9. The van der Waals surface area contributed by atoms with E-state index in [0.717, 1.165) is 16.8 Å². The predicted molar refractivity (Wildman–Crippen MR) is 63.8 cm³/mol. The molecule has 0 aromatic heterocycles. The second-order valence-corrected chi connectivity index (χ2v) is 5.67. The Morgan fingerprint density at radius 2 is 1.93 bits per heavy atom. The van der Waals surface area contributed by atoms with Crippen molar-refractivity contribution in [3.63, 3.8) is 0 Å². The van der Waals surface area contributed by atoms with E-state index in [4.69, 9.17) is 4.74 Å². The molecule has 0 heterocycles. The van der Waals surface area contributed by atoms with Crippen LogP contribution in [-0.2, 0) is 0 Å². The third kappa shape index (κ3) is 3.70. The van der Waals surface area contributed by atoms with Gasteiger partial charge in [-0.25, -0.2) is 0 Å². The molecule has 1 aromatic rings. The van der Waals surface area contributed by atoms with Gasteiger partial charge in [0, 0.05) is 4.47 Å². The Balaban J connectivity index is 2.68. The van der Waals surface area contributed by atoms with Crippen molar-refractivity contribution in [1.82, 2.24) is 0 Å². The van der Waals surface area contributed by atoms with Crippen LogP contribution in [0.25, 0.3) is 0 Å². The van der Waals surface area contributed by atoms with Gasteiger partial charge in [-0.3, -0.25) is 0 Å².